The quantitative estimate of drug-likeness (QED) is 0.665. The maximum atomic E-state index is 4.68. The molecule has 1 unspecified atom stereocenters. The van der Waals surface area contributed by atoms with E-state index in [2.05, 4.69) is 69.8 Å². The van der Waals surface area contributed by atoms with Gasteiger partial charge in [0.1, 0.15) is 12.5 Å². The van der Waals surface area contributed by atoms with E-state index in [0.717, 1.165) is 13.1 Å². The highest BCUT2D eigenvalue weighted by Gasteiger charge is 2.38. The molecule has 0 saturated carbocycles. The molecule has 0 aliphatic carbocycles. The minimum atomic E-state index is 0.215. The lowest BCUT2D eigenvalue weighted by Crippen LogP contribution is -2.50. The van der Waals surface area contributed by atoms with E-state index in [1.54, 1.807) is 0 Å². The lowest BCUT2D eigenvalue weighted by Gasteiger charge is -2.41. The molecule has 1 aliphatic rings. The molecule has 0 aromatic carbocycles. The number of hydrogen-bond donors (Lipinski definition) is 0. The molecule has 0 radical (unpaired) electrons. The van der Waals surface area contributed by atoms with Crippen molar-refractivity contribution >= 4 is 6.34 Å². The van der Waals surface area contributed by atoms with Gasteiger partial charge in [0.2, 0.25) is 0 Å². The van der Waals surface area contributed by atoms with Gasteiger partial charge in [-0.2, -0.15) is 5.10 Å². The van der Waals surface area contributed by atoms with E-state index in [-0.39, 0.29) is 5.41 Å². The molecule has 0 N–H and O–H groups in total. The summed E-state index contributed by atoms with van der Waals surface area (Å²) >= 11 is 0. The Labute approximate surface area is 126 Å². The fourth-order valence-corrected chi connectivity index (χ4v) is 2.93. The van der Waals surface area contributed by atoms with Crippen molar-refractivity contribution in [3.05, 3.63) is 0 Å². The lowest BCUT2D eigenvalue weighted by atomic mass is 9.89. The van der Waals surface area contributed by atoms with Crippen molar-refractivity contribution < 1.29 is 0 Å². The molecule has 3 nitrogen and oxygen atoms in total. The third-order valence-corrected chi connectivity index (χ3v) is 3.62. The summed E-state index contributed by atoms with van der Waals surface area (Å²) in [6.45, 7) is 18.3. The van der Waals surface area contributed by atoms with Crippen LogP contribution in [0.1, 0.15) is 74.1 Å². The standard InChI is InChI=1S/C17H35N3/c1-8-9-10-11-12-20-15(17(5,6)7)19(14-18-20)13-16(2,3)4/h14-15H,8-13H2,1-7H3. The predicted octanol–water partition coefficient (Wildman–Crippen LogP) is 4.55. The number of nitrogens with zero attached hydrogens (tertiary/aromatic N) is 3. The van der Waals surface area contributed by atoms with Gasteiger partial charge in [0.05, 0.1) is 0 Å². The largest absolute Gasteiger partial charge is 0.338 e. The summed E-state index contributed by atoms with van der Waals surface area (Å²) in [5.74, 6) is 0. The first kappa shape index (κ1) is 17.3. The van der Waals surface area contributed by atoms with E-state index >= 15 is 0 Å². The van der Waals surface area contributed by atoms with Gasteiger partial charge in [-0.1, -0.05) is 67.7 Å². The van der Waals surface area contributed by atoms with Gasteiger partial charge in [-0.25, -0.2) is 0 Å². The van der Waals surface area contributed by atoms with Crippen molar-refractivity contribution in [2.24, 2.45) is 15.9 Å². The normalized spacial score (nSPS) is 20.1. The van der Waals surface area contributed by atoms with Gasteiger partial charge in [-0.3, -0.25) is 5.01 Å². The van der Waals surface area contributed by atoms with Crippen molar-refractivity contribution in [1.29, 1.82) is 0 Å². The van der Waals surface area contributed by atoms with E-state index in [9.17, 15) is 0 Å². The first-order valence-electron chi connectivity index (χ1n) is 8.21. The highest BCUT2D eigenvalue weighted by atomic mass is 15.6. The smallest absolute Gasteiger partial charge is 0.124 e. The molecule has 0 aromatic rings. The number of hydrogen-bond acceptors (Lipinski definition) is 3. The van der Waals surface area contributed by atoms with Crippen LogP contribution in [0.4, 0.5) is 0 Å². The molecule has 0 saturated heterocycles. The molecule has 1 atom stereocenters. The summed E-state index contributed by atoms with van der Waals surface area (Å²) in [7, 11) is 0. The van der Waals surface area contributed by atoms with Gasteiger partial charge in [0.25, 0.3) is 0 Å². The molecular weight excluding hydrogens is 246 g/mol. The lowest BCUT2D eigenvalue weighted by molar-refractivity contribution is 0.0225. The predicted molar refractivity (Wildman–Crippen MR) is 88.7 cm³/mol. The molecule has 3 heteroatoms. The highest BCUT2D eigenvalue weighted by molar-refractivity contribution is 5.57. The molecule has 0 spiro atoms. The third-order valence-electron chi connectivity index (χ3n) is 3.62. The summed E-state index contributed by atoms with van der Waals surface area (Å²) < 4.78 is 0. The van der Waals surface area contributed by atoms with Crippen molar-refractivity contribution in [3.63, 3.8) is 0 Å². The fraction of sp³-hybridized carbons (Fsp3) is 0.941. The van der Waals surface area contributed by atoms with E-state index < -0.39 is 0 Å². The van der Waals surface area contributed by atoms with Gasteiger partial charge in [-0.15, -0.1) is 0 Å². The average molecular weight is 281 g/mol. The Balaban J connectivity index is 2.65. The second-order valence-corrected chi connectivity index (χ2v) is 8.43. The molecule has 1 aliphatic heterocycles. The number of hydrazone groups is 1. The van der Waals surface area contributed by atoms with Crippen molar-refractivity contribution in [2.45, 2.75) is 80.3 Å². The Morgan fingerprint density at radius 2 is 1.65 bits per heavy atom. The van der Waals surface area contributed by atoms with Crippen LogP contribution < -0.4 is 0 Å². The number of rotatable bonds is 6. The van der Waals surface area contributed by atoms with Gasteiger partial charge in [0, 0.05) is 18.5 Å². The second kappa shape index (κ2) is 6.82. The van der Waals surface area contributed by atoms with Crippen LogP contribution in [0.25, 0.3) is 0 Å². The Morgan fingerprint density at radius 1 is 1.00 bits per heavy atom. The molecule has 0 bridgehead atoms. The van der Waals surface area contributed by atoms with E-state index in [4.69, 9.17) is 0 Å². The molecule has 1 rings (SSSR count). The maximum Gasteiger partial charge on any atom is 0.124 e. The Morgan fingerprint density at radius 3 is 2.15 bits per heavy atom. The van der Waals surface area contributed by atoms with Gasteiger partial charge in [-0.05, 0) is 11.8 Å². The minimum Gasteiger partial charge on any atom is -0.338 e. The summed E-state index contributed by atoms with van der Waals surface area (Å²) in [6, 6.07) is 0. The molecule has 1 heterocycles. The Kier molecular flexibility index (Phi) is 5.91. The molecule has 0 aromatic heterocycles. The van der Waals surface area contributed by atoms with Crippen LogP contribution in [0.5, 0.6) is 0 Å². The van der Waals surface area contributed by atoms with Crippen LogP contribution in [-0.4, -0.2) is 35.5 Å². The molecule has 20 heavy (non-hydrogen) atoms. The first-order chi connectivity index (χ1) is 9.15. The monoisotopic (exact) mass is 281 g/mol. The summed E-state index contributed by atoms with van der Waals surface area (Å²) in [5.41, 5.74) is 0.514. The molecule has 118 valence electrons. The SMILES string of the molecule is CCCCCCN1N=CN(CC(C)(C)C)C1C(C)(C)C. The van der Waals surface area contributed by atoms with E-state index in [0.29, 0.717) is 11.6 Å². The molecule has 0 fully saturated rings. The minimum absolute atomic E-state index is 0.215. The zero-order chi connectivity index (χ0) is 15.4. The summed E-state index contributed by atoms with van der Waals surface area (Å²) in [6.07, 6.45) is 7.65. The van der Waals surface area contributed by atoms with E-state index in [1.165, 1.54) is 25.7 Å². The Bertz CT molecular complexity index is 309. The number of unbranched alkanes of at least 4 members (excludes halogenated alkanes) is 3. The van der Waals surface area contributed by atoms with Gasteiger partial charge >= 0.3 is 0 Å². The third kappa shape index (κ3) is 5.34. The summed E-state index contributed by atoms with van der Waals surface area (Å²) in [5, 5.41) is 6.99. The van der Waals surface area contributed by atoms with Gasteiger partial charge in [0.15, 0.2) is 0 Å². The molecule has 0 amide bonds. The van der Waals surface area contributed by atoms with Crippen molar-refractivity contribution in [1.82, 2.24) is 9.91 Å². The van der Waals surface area contributed by atoms with Crippen LogP contribution in [0.3, 0.4) is 0 Å². The highest BCUT2D eigenvalue weighted by Crippen LogP contribution is 2.32. The van der Waals surface area contributed by atoms with Crippen LogP contribution >= 0.6 is 0 Å². The fourth-order valence-electron chi connectivity index (χ4n) is 2.93. The van der Waals surface area contributed by atoms with Crippen LogP contribution in [-0.2, 0) is 0 Å². The topological polar surface area (TPSA) is 18.8 Å². The van der Waals surface area contributed by atoms with E-state index in [1.807, 2.05) is 0 Å². The zero-order valence-electron chi connectivity index (χ0n) is 14.7. The van der Waals surface area contributed by atoms with Crippen molar-refractivity contribution in [3.8, 4) is 0 Å². The van der Waals surface area contributed by atoms with Crippen LogP contribution in [0, 0.1) is 10.8 Å². The average Bonchev–Trinajstić information content (AvgIpc) is 2.64. The second-order valence-electron chi connectivity index (χ2n) is 8.43. The summed E-state index contributed by atoms with van der Waals surface area (Å²) in [4.78, 5) is 2.43. The van der Waals surface area contributed by atoms with Crippen LogP contribution in [0.2, 0.25) is 0 Å². The Hall–Kier alpha value is -0.730. The molecular formula is C17H35N3. The van der Waals surface area contributed by atoms with Crippen LogP contribution in [0.15, 0.2) is 5.10 Å². The zero-order valence-corrected chi connectivity index (χ0v) is 14.7. The first-order valence-corrected chi connectivity index (χ1v) is 8.21. The maximum absolute atomic E-state index is 4.68. The van der Waals surface area contributed by atoms with Gasteiger partial charge < -0.3 is 4.90 Å². The van der Waals surface area contributed by atoms with Crippen molar-refractivity contribution in [2.75, 3.05) is 13.1 Å².